The highest BCUT2D eigenvalue weighted by Crippen LogP contribution is 2.07. The van der Waals surface area contributed by atoms with Crippen LogP contribution in [0.15, 0.2) is 6.20 Å². The van der Waals surface area contributed by atoms with Crippen LogP contribution < -0.4 is 5.73 Å². The lowest BCUT2D eigenvalue weighted by molar-refractivity contribution is 0.982. The van der Waals surface area contributed by atoms with Crippen LogP contribution in [0.25, 0.3) is 0 Å². The monoisotopic (exact) mass is 249 g/mol. The number of hydrogen-bond donors (Lipinski definition) is 1. The molecule has 1 heterocycles. The van der Waals surface area contributed by atoms with E-state index in [9.17, 15) is 0 Å². The molecule has 10 heavy (non-hydrogen) atoms. The van der Waals surface area contributed by atoms with E-state index in [0.29, 0.717) is 5.82 Å². The van der Waals surface area contributed by atoms with Gasteiger partial charge in [0.15, 0.2) is 0 Å². The van der Waals surface area contributed by atoms with Gasteiger partial charge in [0.2, 0.25) is 0 Å². The maximum absolute atomic E-state index is 5.43. The summed E-state index contributed by atoms with van der Waals surface area (Å²) in [6.45, 7) is 2.03. The number of aromatic nitrogens is 2. The molecule has 0 aliphatic heterocycles. The summed E-state index contributed by atoms with van der Waals surface area (Å²) in [7, 11) is 0. The summed E-state index contributed by atoms with van der Waals surface area (Å²) >= 11 is 2.15. The van der Waals surface area contributed by atoms with Crippen molar-refractivity contribution in [2.75, 3.05) is 5.73 Å². The molecule has 0 saturated carbocycles. The maximum Gasteiger partial charge on any atom is 0.142 e. The van der Waals surface area contributed by atoms with Gasteiger partial charge in [0.1, 0.15) is 9.52 Å². The van der Waals surface area contributed by atoms with Gasteiger partial charge in [0, 0.05) is 0 Å². The Kier molecular flexibility index (Phi) is 2.42. The molecule has 0 unspecified atom stereocenters. The van der Waals surface area contributed by atoms with Crippen molar-refractivity contribution >= 4 is 28.4 Å². The summed E-state index contributed by atoms with van der Waals surface area (Å²) < 4.78 is 0.939. The van der Waals surface area contributed by atoms with E-state index in [-0.39, 0.29) is 0 Å². The molecule has 0 aromatic carbocycles. The molecule has 0 saturated heterocycles. The second-order valence-corrected chi connectivity index (χ2v) is 2.91. The fourth-order valence-electron chi connectivity index (χ4n) is 0.653. The Balaban J connectivity index is 3.09. The van der Waals surface area contributed by atoms with E-state index >= 15 is 0 Å². The quantitative estimate of drug-likeness (QED) is 0.761. The van der Waals surface area contributed by atoms with Gasteiger partial charge in [0.05, 0.1) is 11.9 Å². The van der Waals surface area contributed by atoms with Gasteiger partial charge >= 0.3 is 0 Å². The van der Waals surface area contributed by atoms with E-state index in [2.05, 4.69) is 32.6 Å². The average Bonchev–Trinajstić information content (AvgIpc) is 1.94. The Hall–Kier alpha value is -0.390. The van der Waals surface area contributed by atoms with Crippen molar-refractivity contribution in [2.45, 2.75) is 13.3 Å². The van der Waals surface area contributed by atoms with Crippen LogP contribution in [0, 0.1) is 3.70 Å². The SMILES string of the molecule is CCc1nc(N)cnc1I. The van der Waals surface area contributed by atoms with Crippen LogP contribution in [0.1, 0.15) is 12.6 Å². The third-order valence-electron chi connectivity index (χ3n) is 1.15. The zero-order valence-electron chi connectivity index (χ0n) is 5.63. The van der Waals surface area contributed by atoms with Crippen molar-refractivity contribution in [3.8, 4) is 0 Å². The number of nitrogen functional groups attached to an aromatic ring is 1. The standard InChI is InChI=1S/C6H8IN3/c1-2-4-6(7)9-3-5(8)10-4/h3H,2H2,1H3,(H2,8,10). The first kappa shape index (κ1) is 7.71. The highest BCUT2D eigenvalue weighted by atomic mass is 127. The normalized spacial score (nSPS) is 9.80. The van der Waals surface area contributed by atoms with Gasteiger partial charge < -0.3 is 5.73 Å². The van der Waals surface area contributed by atoms with E-state index in [1.54, 1.807) is 6.20 Å². The molecular formula is C6H8IN3. The molecule has 0 fully saturated rings. The molecule has 0 atom stereocenters. The fraction of sp³-hybridized carbons (Fsp3) is 0.333. The van der Waals surface area contributed by atoms with Crippen LogP contribution in [0.2, 0.25) is 0 Å². The van der Waals surface area contributed by atoms with Crippen LogP contribution in [0.3, 0.4) is 0 Å². The molecule has 3 nitrogen and oxygen atoms in total. The summed E-state index contributed by atoms with van der Waals surface area (Å²) in [6, 6.07) is 0. The Morgan fingerprint density at radius 3 is 2.90 bits per heavy atom. The van der Waals surface area contributed by atoms with E-state index in [4.69, 9.17) is 5.73 Å². The number of halogens is 1. The van der Waals surface area contributed by atoms with Crippen molar-refractivity contribution < 1.29 is 0 Å². The molecule has 0 amide bonds. The largest absolute Gasteiger partial charge is 0.382 e. The van der Waals surface area contributed by atoms with E-state index in [0.717, 1.165) is 15.8 Å². The van der Waals surface area contributed by atoms with Gasteiger partial charge in [-0.25, -0.2) is 9.97 Å². The van der Waals surface area contributed by atoms with Crippen LogP contribution in [0.4, 0.5) is 5.82 Å². The summed E-state index contributed by atoms with van der Waals surface area (Å²) in [5.41, 5.74) is 6.40. The van der Waals surface area contributed by atoms with Crippen LogP contribution >= 0.6 is 22.6 Å². The van der Waals surface area contributed by atoms with Crippen LogP contribution in [-0.4, -0.2) is 9.97 Å². The van der Waals surface area contributed by atoms with Gasteiger partial charge in [-0.2, -0.15) is 0 Å². The second-order valence-electron chi connectivity index (χ2n) is 1.89. The molecule has 0 spiro atoms. The third kappa shape index (κ3) is 1.56. The molecule has 0 radical (unpaired) electrons. The lowest BCUT2D eigenvalue weighted by Crippen LogP contribution is -1.99. The molecule has 0 aliphatic rings. The predicted octanol–water partition coefficient (Wildman–Crippen LogP) is 1.23. The molecule has 1 aromatic heterocycles. The number of nitrogens with two attached hydrogens (primary N) is 1. The number of nitrogens with zero attached hydrogens (tertiary/aromatic N) is 2. The van der Waals surface area contributed by atoms with Crippen molar-refractivity contribution in [1.29, 1.82) is 0 Å². The highest BCUT2D eigenvalue weighted by Gasteiger charge is 1.98. The second kappa shape index (κ2) is 3.14. The number of aryl methyl sites for hydroxylation is 1. The molecule has 2 N–H and O–H groups in total. The molecular weight excluding hydrogens is 241 g/mol. The zero-order chi connectivity index (χ0) is 7.56. The van der Waals surface area contributed by atoms with Gasteiger partial charge in [-0.3, -0.25) is 0 Å². The topological polar surface area (TPSA) is 51.8 Å². The van der Waals surface area contributed by atoms with Crippen LogP contribution in [-0.2, 0) is 6.42 Å². The molecule has 1 aromatic rings. The summed E-state index contributed by atoms with van der Waals surface area (Å²) in [6.07, 6.45) is 2.46. The minimum atomic E-state index is 0.497. The Labute approximate surface area is 73.2 Å². The number of anilines is 1. The molecule has 0 bridgehead atoms. The lowest BCUT2D eigenvalue weighted by atomic mass is 10.3. The zero-order valence-corrected chi connectivity index (χ0v) is 7.79. The van der Waals surface area contributed by atoms with Crippen molar-refractivity contribution in [3.05, 3.63) is 15.6 Å². The maximum atomic E-state index is 5.43. The highest BCUT2D eigenvalue weighted by molar-refractivity contribution is 14.1. The first-order valence-electron chi connectivity index (χ1n) is 3.01. The average molecular weight is 249 g/mol. The van der Waals surface area contributed by atoms with E-state index < -0.39 is 0 Å². The van der Waals surface area contributed by atoms with Gasteiger partial charge in [-0.05, 0) is 29.0 Å². The molecule has 4 heteroatoms. The Morgan fingerprint density at radius 1 is 1.70 bits per heavy atom. The van der Waals surface area contributed by atoms with Crippen LogP contribution in [0.5, 0.6) is 0 Å². The minimum Gasteiger partial charge on any atom is -0.382 e. The van der Waals surface area contributed by atoms with E-state index in [1.165, 1.54) is 0 Å². The first-order valence-corrected chi connectivity index (χ1v) is 4.08. The predicted molar refractivity (Wildman–Crippen MR) is 48.5 cm³/mol. The summed E-state index contributed by atoms with van der Waals surface area (Å²) in [5.74, 6) is 0.497. The Bertz CT molecular complexity index is 236. The lowest BCUT2D eigenvalue weighted by Gasteiger charge is -1.98. The number of rotatable bonds is 1. The summed E-state index contributed by atoms with van der Waals surface area (Å²) in [5, 5.41) is 0. The van der Waals surface area contributed by atoms with Crippen molar-refractivity contribution in [1.82, 2.24) is 9.97 Å². The van der Waals surface area contributed by atoms with Gasteiger partial charge in [-0.1, -0.05) is 6.92 Å². The molecule has 1 rings (SSSR count). The first-order chi connectivity index (χ1) is 4.74. The Morgan fingerprint density at radius 2 is 2.40 bits per heavy atom. The smallest absolute Gasteiger partial charge is 0.142 e. The van der Waals surface area contributed by atoms with Gasteiger partial charge in [0.25, 0.3) is 0 Å². The molecule has 54 valence electrons. The van der Waals surface area contributed by atoms with Crippen molar-refractivity contribution in [3.63, 3.8) is 0 Å². The van der Waals surface area contributed by atoms with Crippen molar-refractivity contribution in [2.24, 2.45) is 0 Å². The van der Waals surface area contributed by atoms with E-state index in [1.807, 2.05) is 6.92 Å². The fourth-order valence-corrected chi connectivity index (χ4v) is 1.29. The summed E-state index contributed by atoms with van der Waals surface area (Å²) in [4.78, 5) is 8.15. The van der Waals surface area contributed by atoms with Gasteiger partial charge in [-0.15, -0.1) is 0 Å². The minimum absolute atomic E-state index is 0.497. The molecule has 0 aliphatic carbocycles. The third-order valence-corrected chi connectivity index (χ3v) is 2.05. The number of hydrogen-bond acceptors (Lipinski definition) is 3.